The van der Waals surface area contributed by atoms with E-state index in [1.807, 2.05) is 48.5 Å². The maximum absolute atomic E-state index is 12.1. The van der Waals surface area contributed by atoms with Crippen LogP contribution in [0.15, 0.2) is 59.0 Å². The highest BCUT2D eigenvalue weighted by Gasteiger charge is 2.11. The molecular formula is C19H17N3O2. The number of furan rings is 1. The Labute approximate surface area is 138 Å². The van der Waals surface area contributed by atoms with Gasteiger partial charge in [-0.3, -0.25) is 4.79 Å². The first-order chi connectivity index (χ1) is 11.8. The molecule has 2 aromatic heterocycles. The van der Waals surface area contributed by atoms with Crippen LogP contribution in [-0.4, -0.2) is 22.4 Å². The van der Waals surface area contributed by atoms with Gasteiger partial charge in [-0.2, -0.15) is 0 Å². The number of aromatic nitrogens is 2. The number of para-hydroxylation sites is 3. The molecule has 0 atom stereocenters. The Bertz CT molecular complexity index is 934. The molecule has 0 bridgehead atoms. The molecule has 0 saturated carbocycles. The summed E-state index contributed by atoms with van der Waals surface area (Å²) < 4.78 is 5.55. The number of H-pyrrole nitrogens is 1. The van der Waals surface area contributed by atoms with Gasteiger partial charge in [-0.25, -0.2) is 4.98 Å². The third-order valence-corrected chi connectivity index (χ3v) is 3.96. The van der Waals surface area contributed by atoms with Gasteiger partial charge < -0.3 is 14.7 Å². The van der Waals surface area contributed by atoms with Crippen molar-refractivity contribution in [1.29, 1.82) is 0 Å². The van der Waals surface area contributed by atoms with Crippen molar-refractivity contribution in [2.24, 2.45) is 0 Å². The molecule has 5 nitrogen and oxygen atoms in total. The van der Waals surface area contributed by atoms with Crippen molar-refractivity contribution < 1.29 is 9.21 Å². The number of amides is 1. The van der Waals surface area contributed by atoms with Crippen LogP contribution in [-0.2, 0) is 6.42 Å². The van der Waals surface area contributed by atoms with E-state index in [0.29, 0.717) is 12.3 Å². The van der Waals surface area contributed by atoms with Crippen LogP contribution in [0.1, 0.15) is 22.8 Å². The fraction of sp³-hybridized carbons (Fsp3) is 0.158. The first-order valence-electron chi connectivity index (χ1n) is 8.00. The zero-order valence-electron chi connectivity index (χ0n) is 13.1. The number of imidazole rings is 1. The molecule has 0 unspecified atom stereocenters. The largest absolute Gasteiger partial charge is 0.451 e. The molecule has 2 N–H and O–H groups in total. The molecule has 0 aliphatic carbocycles. The summed E-state index contributed by atoms with van der Waals surface area (Å²) in [5.74, 6) is 1.10. The van der Waals surface area contributed by atoms with Crippen LogP contribution in [0.25, 0.3) is 22.0 Å². The van der Waals surface area contributed by atoms with Gasteiger partial charge in [-0.05, 0) is 30.7 Å². The standard InChI is InChI=1S/C19H17N3O2/c23-19(17-12-13-6-1-4-9-16(13)24-17)20-11-5-10-18-21-14-7-2-3-8-15(14)22-18/h1-4,6-9,12H,5,10-11H2,(H,20,23)(H,21,22). The molecule has 0 saturated heterocycles. The molecule has 0 fully saturated rings. The normalized spacial score (nSPS) is 11.2. The summed E-state index contributed by atoms with van der Waals surface area (Å²) in [4.78, 5) is 20.0. The van der Waals surface area contributed by atoms with Gasteiger partial charge in [0, 0.05) is 18.4 Å². The third-order valence-electron chi connectivity index (χ3n) is 3.96. The van der Waals surface area contributed by atoms with E-state index in [9.17, 15) is 4.79 Å². The Morgan fingerprint density at radius 1 is 1.12 bits per heavy atom. The number of fused-ring (bicyclic) bond motifs is 2. The van der Waals surface area contributed by atoms with E-state index in [1.54, 1.807) is 6.07 Å². The fourth-order valence-electron chi connectivity index (χ4n) is 2.76. The van der Waals surface area contributed by atoms with E-state index in [0.717, 1.165) is 40.7 Å². The second-order valence-corrected chi connectivity index (χ2v) is 5.71. The molecule has 2 heterocycles. The number of carbonyl (C=O) groups is 1. The molecule has 120 valence electrons. The number of aryl methyl sites for hydroxylation is 1. The molecule has 4 rings (SSSR count). The molecule has 0 radical (unpaired) electrons. The first kappa shape index (κ1) is 14.5. The summed E-state index contributed by atoms with van der Waals surface area (Å²) in [5, 5.41) is 3.82. The first-order valence-corrected chi connectivity index (χ1v) is 8.00. The second kappa shape index (κ2) is 6.20. The van der Waals surface area contributed by atoms with Crippen molar-refractivity contribution in [3.63, 3.8) is 0 Å². The summed E-state index contributed by atoms with van der Waals surface area (Å²) in [6.45, 7) is 0.576. The van der Waals surface area contributed by atoms with E-state index in [4.69, 9.17) is 4.42 Å². The van der Waals surface area contributed by atoms with Crippen LogP contribution in [0, 0.1) is 0 Å². The molecule has 0 aliphatic rings. The van der Waals surface area contributed by atoms with Crippen LogP contribution < -0.4 is 5.32 Å². The molecule has 0 spiro atoms. The number of nitrogens with one attached hydrogen (secondary N) is 2. The minimum absolute atomic E-state index is 0.184. The highest BCUT2D eigenvalue weighted by molar-refractivity contribution is 5.96. The molecule has 5 heteroatoms. The number of rotatable bonds is 5. The Balaban J connectivity index is 1.32. The molecular weight excluding hydrogens is 302 g/mol. The predicted octanol–water partition coefficient (Wildman–Crippen LogP) is 3.67. The quantitative estimate of drug-likeness (QED) is 0.551. The summed E-state index contributed by atoms with van der Waals surface area (Å²) in [6, 6.07) is 17.3. The number of carbonyl (C=O) groups excluding carboxylic acids is 1. The number of hydrogen-bond acceptors (Lipinski definition) is 3. The minimum Gasteiger partial charge on any atom is -0.451 e. The topological polar surface area (TPSA) is 70.9 Å². The van der Waals surface area contributed by atoms with Crippen LogP contribution in [0.2, 0.25) is 0 Å². The molecule has 1 amide bonds. The van der Waals surface area contributed by atoms with E-state index in [2.05, 4.69) is 15.3 Å². The number of benzene rings is 2. The van der Waals surface area contributed by atoms with Crippen LogP contribution >= 0.6 is 0 Å². The second-order valence-electron chi connectivity index (χ2n) is 5.71. The third kappa shape index (κ3) is 2.88. The van der Waals surface area contributed by atoms with Crippen LogP contribution in [0.4, 0.5) is 0 Å². The predicted molar refractivity (Wildman–Crippen MR) is 93.0 cm³/mol. The summed E-state index contributed by atoms with van der Waals surface area (Å²) in [5.41, 5.74) is 2.74. The Hall–Kier alpha value is -3.08. The van der Waals surface area contributed by atoms with Crippen molar-refractivity contribution in [2.45, 2.75) is 12.8 Å². The van der Waals surface area contributed by atoms with Gasteiger partial charge >= 0.3 is 0 Å². The smallest absolute Gasteiger partial charge is 0.287 e. The minimum atomic E-state index is -0.184. The maximum atomic E-state index is 12.1. The lowest BCUT2D eigenvalue weighted by atomic mass is 10.2. The van der Waals surface area contributed by atoms with E-state index in [-0.39, 0.29) is 5.91 Å². The number of nitrogens with zero attached hydrogens (tertiary/aromatic N) is 1. The van der Waals surface area contributed by atoms with Gasteiger partial charge in [-0.15, -0.1) is 0 Å². The lowest BCUT2D eigenvalue weighted by Gasteiger charge is -2.01. The number of aromatic amines is 1. The summed E-state index contributed by atoms with van der Waals surface area (Å²) in [6.07, 6.45) is 1.60. The van der Waals surface area contributed by atoms with Crippen molar-refractivity contribution in [2.75, 3.05) is 6.54 Å². The van der Waals surface area contributed by atoms with Crippen molar-refractivity contribution in [1.82, 2.24) is 15.3 Å². The highest BCUT2D eigenvalue weighted by atomic mass is 16.3. The Kier molecular flexibility index (Phi) is 3.75. The number of hydrogen-bond donors (Lipinski definition) is 2. The lowest BCUT2D eigenvalue weighted by Crippen LogP contribution is -2.24. The summed E-state index contributed by atoms with van der Waals surface area (Å²) in [7, 11) is 0. The van der Waals surface area contributed by atoms with E-state index in [1.165, 1.54) is 0 Å². The van der Waals surface area contributed by atoms with Crippen LogP contribution in [0.3, 0.4) is 0 Å². The van der Waals surface area contributed by atoms with E-state index >= 15 is 0 Å². The monoisotopic (exact) mass is 319 g/mol. The van der Waals surface area contributed by atoms with Crippen molar-refractivity contribution in [3.8, 4) is 0 Å². The zero-order valence-corrected chi connectivity index (χ0v) is 13.1. The summed E-state index contributed by atoms with van der Waals surface area (Å²) >= 11 is 0. The average Bonchev–Trinajstić information content (AvgIpc) is 3.21. The molecule has 24 heavy (non-hydrogen) atoms. The Morgan fingerprint density at radius 2 is 1.96 bits per heavy atom. The zero-order chi connectivity index (χ0) is 16.4. The lowest BCUT2D eigenvalue weighted by molar-refractivity contribution is 0.0927. The average molecular weight is 319 g/mol. The fourth-order valence-corrected chi connectivity index (χ4v) is 2.76. The molecule has 2 aromatic carbocycles. The van der Waals surface area contributed by atoms with Gasteiger partial charge in [-0.1, -0.05) is 30.3 Å². The molecule has 4 aromatic rings. The SMILES string of the molecule is O=C(NCCCc1nc2ccccc2[nH]1)c1cc2ccccc2o1. The molecule has 0 aliphatic heterocycles. The van der Waals surface area contributed by atoms with Gasteiger partial charge in [0.2, 0.25) is 0 Å². The van der Waals surface area contributed by atoms with Gasteiger partial charge in [0.05, 0.1) is 11.0 Å². The van der Waals surface area contributed by atoms with Gasteiger partial charge in [0.15, 0.2) is 5.76 Å². The Morgan fingerprint density at radius 3 is 2.83 bits per heavy atom. The van der Waals surface area contributed by atoms with Gasteiger partial charge in [0.1, 0.15) is 11.4 Å². The van der Waals surface area contributed by atoms with Gasteiger partial charge in [0.25, 0.3) is 5.91 Å². The van der Waals surface area contributed by atoms with Crippen molar-refractivity contribution in [3.05, 3.63) is 66.2 Å². The maximum Gasteiger partial charge on any atom is 0.287 e. The highest BCUT2D eigenvalue weighted by Crippen LogP contribution is 2.18. The van der Waals surface area contributed by atoms with E-state index < -0.39 is 0 Å². The van der Waals surface area contributed by atoms with Crippen molar-refractivity contribution >= 4 is 27.9 Å². The van der Waals surface area contributed by atoms with Crippen LogP contribution in [0.5, 0.6) is 0 Å².